The normalized spacial score (nSPS) is 11.8. The van der Waals surface area contributed by atoms with Gasteiger partial charge >= 0.3 is 0 Å². The molecule has 0 bridgehead atoms. The third-order valence-electron chi connectivity index (χ3n) is 4.39. The van der Waals surface area contributed by atoms with Crippen LogP contribution in [0.25, 0.3) is 0 Å². The molecule has 8 nitrogen and oxygen atoms in total. The number of anilines is 1. The predicted octanol–water partition coefficient (Wildman–Crippen LogP) is 2.39. The molecular weight excluding hydrogens is 426 g/mol. The van der Waals surface area contributed by atoms with Crippen molar-refractivity contribution in [1.29, 1.82) is 0 Å². The highest BCUT2D eigenvalue weighted by atomic mass is 32.2. The van der Waals surface area contributed by atoms with Crippen LogP contribution in [0.2, 0.25) is 0 Å². The van der Waals surface area contributed by atoms with Crippen LogP contribution in [0, 0.1) is 0 Å². The van der Waals surface area contributed by atoms with Crippen LogP contribution in [0.5, 0.6) is 5.75 Å². The summed E-state index contributed by atoms with van der Waals surface area (Å²) in [5.41, 5.74) is 0.796. The first-order chi connectivity index (χ1) is 14.3. The van der Waals surface area contributed by atoms with Crippen molar-refractivity contribution in [1.82, 2.24) is 9.71 Å². The lowest BCUT2D eigenvalue weighted by atomic mass is 10.3. The molecule has 0 aliphatic rings. The average molecular weight is 448 g/mol. The number of ether oxygens (including phenoxy) is 1. The van der Waals surface area contributed by atoms with Crippen molar-refractivity contribution in [2.24, 2.45) is 0 Å². The summed E-state index contributed by atoms with van der Waals surface area (Å²) in [5, 5.41) is 0. The van der Waals surface area contributed by atoms with Gasteiger partial charge in [-0.1, -0.05) is 24.3 Å². The summed E-state index contributed by atoms with van der Waals surface area (Å²) in [6, 6.07) is 15.4. The molecule has 30 heavy (non-hydrogen) atoms. The second-order valence-corrected chi connectivity index (χ2v) is 10.0. The Morgan fingerprint density at radius 3 is 2.33 bits per heavy atom. The summed E-state index contributed by atoms with van der Waals surface area (Å²) >= 11 is 0. The van der Waals surface area contributed by atoms with Gasteiger partial charge in [0.2, 0.25) is 10.0 Å². The average Bonchev–Trinajstić information content (AvgIpc) is 2.78. The molecule has 1 aromatic heterocycles. The van der Waals surface area contributed by atoms with Gasteiger partial charge < -0.3 is 4.74 Å². The highest BCUT2D eigenvalue weighted by Gasteiger charge is 2.26. The Morgan fingerprint density at radius 2 is 1.70 bits per heavy atom. The van der Waals surface area contributed by atoms with Gasteiger partial charge in [0.05, 0.1) is 22.6 Å². The van der Waals surface area contributed by atoms with E-state index in [1.807, 2.05) is 0 Å². The van der Waals surface area contributed by atoms with Gasteiger partial charge in [-0.3, -0.25) is 9.29 Å². The minimum atomic E-state index is -3.91. The van der Waals surface area contributed by atoms with E-state index in [1.165, 1.54) is 44.5 Å². The summed E-state index contributed by atoms with van der Waals surface area (Å²) < 4.78 is 60.2. The van der Waals surface area contributed by atoms with E-state index in [4.69, 9.17) is 4.74 Å². The molecule has 0 saturated heterocycles. The van der Waals surface area contributed by atoms with E-state index < -0.39 is 20.0 Å². The molecule has 0 aliphatic heterocycles. The molecule has 0 radical (unpaired) electrons. The summed E-state index contributed by atoms with van der Waals surface area (Å²) in [4.78, 5) is 3.94. The van der Waals surface area contributed by atoms with E-state index in [9.17, 15) is 16.8 Å². The molecule has 1 heterocycles. The van der Waals surface area contributed by atoms with Gasteiger partial charge in [-0.05, 0) is 42.0 Å². The van der Waals surface area contributed by atoms with E-state index in [0.717, 1.165) is 4.31 Å². The Balaban J connectivity index is 1.95. The van der Waals surface area contributed by atoms with Gasteiger partial charge in [-0.15, -0.1) is 0 Å². The predicted molar refractivity (Wildman–Crippen MR) is 113 cm³/mol. The zero-order chi connectivity index (χ0) is 21.8. The Kier molecular flexibility index (Phi) is 6.40. The van der Waals surface area contributed by atoms with Gasteiger partial charge in [0, 0.05) is 26.0 Å². The summed E-state index contributed by atoms with van der Waals surface area (Å²) in [6.07, 6.45) is 3.15. The number of sulfonamides is 2. The van der Waals surface area contributed by atoms with Gasteiger partial charge in [-0.25, -0.2) is 21.6 Å². The molecule has 0 aliphatic carbocycles. The highest BCUT2D eigenvalue weighted by molar-refractivity contribution is 7.92. The fourth-order valence-corrected chi connectivity index (χ4v) is 4.98. The molecular formula is C20H21N3O5S2. The number of rotatable bonds is 8. The SMILES string of the molecule is COc1ccc(S(=O)(=O)NCc2cccnc2)cc1N(C)S(=O)(=O)c1ccccc1. The van der Waals surface area contributed by atoms with Crippen LogP contribution < -0.4 is 13.8 Å². The first-order valence-corrected chi connectivity index (χ1v) is 11.8. The van der Waals surface area contributed by atoms with E-state index >= 15 is 0 Å². The zero-order valence-corrected chi connectivity index (χ0v) is 18.0. The smallest absolute Gasteiger partial charge is 0.264 e. The van der Waals surface area contributed by atoms with E-state index in [-0.39, 0.29) is 27.8 Å². The number of benzene rings is 2. The first-order valence-electron chi connectivity index (χ1n) is 8.86. The monoisotopic (exact) mass is 447 g/mol. The third-order valence-corrected chi connectivity index (χ3v) is 7.58. The van der Waals surface area contributed by atoms with Crippen LogP contribution in [0.1, 0.15) is 5.56 Å². The molecule has 0 spiro atoms. The quantitative estimate of drug-likeness (QED) is 0.568. The van der Waals surface area contributed by atoms with Crippen molar-refractivity contribution in [3.63, 3.8) is 0 Å². The molecule has 0 fully saturated rings. The van der Waals surface area contributed by atoms with Crippen LogP contribution in [-0.2, 0) is 26.6 Å². The molecule has 2 aromatic carbocycles. The largest absolute Gasteiger partial charge is 0.495 e. The molecule has 3 aromatic rings. The molecule has 0 atom stereocenters. The van der Waals surface area contributed by atoms with Crippen molar-refractivity contribution in [2.45, 2.75) is 16.3 Å². The molecule has 1 N–H and O–H groups in total. The lowest BCUT2D eigenvalue weighted by molar-refractivity contribution is 0.415. The number of methoxy groups -OCH3 is 1. The molecule has 3 rings (SSSR count). The fraction of sp³-hybridized carbons (Fsp3) is 0.150. The van der Waals surface area contributed by atoms with E-state index in [2.05, 4.69) is 9.71 Å². The third kappa shape index (κ3) is 4.61. The topological polar surface area (TPSA) is 106 Å². The van der Waals surface area contributed by atoms with Crippen molar-refractivity contribution in [3.8, 4) is 5.75 Å². The van der Waals surface area contributed by atoms with E-state index in [1.54, 1.807) is 42.7 Å². The number of hydrogen-bond donors (Lipinski definition) is 1. The maximum Gasteiger partial charge on any atom is 0.264 e. The number of nitrogens with zero attached hydrogens (tertiary/aromatic N) is 2. The number of nitrogens with one attached hydrogen (secondary N) is 1. The Bertz CT molecular complexity index is 1220. The molecule has 0 amide bonds. The van der Waals surface area contributed by atoms with Crippen molar-refractivity contribution < 1.29 is 21.6 Å². The minimum absolute atomic E-state index is 0.0513. The lowest BCUT2D eigenvalue weighted by Gasteiger charge is -2.22. The van der Waals surface area contributed by atoms with Crippen LogP contribution in [-0.4, -0.2) is 36.0 Å². The number of hydrogen-bond acceptors (Lipinski definition) is 6. The fourth-order valence-electron chi connectivity index (χ4n) is 2.73. The molecule has 0 unspecified atom stereocenters. The number of pyridine rings is 1. The zero-order valence-electron chi connectivity index (χ0n) is 16.4. The van der Waals surface area contributed by atoms with Crippen molar-refractivity contribution >= 4 is 25.7 Å². The lowest BCUT2D eigenvalue weighted by Crippen LogP contribution is -2.28. The van der Waals surface area contributed by atoms with Gasteiger partial charge in [0.1, 0.15) is 5.75 Å². The van der Waals surface area contributed by atoms with Crippen molar-refractivity contribution in [3.05, 3.63) is 78.6 Å². The van der Waals surface area contributed by atoms with Gasteiger partial charge in [0.15, 0.2) is 0 Å². The Labute approximate surface area is 176 Å². The second kappa shape index (κ2) is 8.82. The number of aromatic nitrogens is 1. The maximum absolute atomic E-state index is 13.0. The Morgan fingerprint density at radius 1 is 0.967 bits per heavy atom. The van der Waals surface area contributed by atoms with Crippen LogP contribution in [0.15, 0.2) is 82.8 Å². The van der Waals surface area contributed by atoms with Crippen LogP contribution in [0.3, 0.4) is 0 Å². The van der Waals surface area contributed by atoms with Gasteiger partial charge in [0.25, 0.3) is 10.0 Å². The van der Waals surface area contributed by atoms with Gasteiger partial charge in [-0.2, -0.15) is 0 Å². The first kappa shape index (κ1) is 21.8. The standard InChI is InChI=1S/C20H21N3O5S2/c1-23(30(26,27)17-8-4-3-5-9-17)19-13-18(10-11-20(19)28-2)29(24,25)22-15-16-7-6-12-21-14-16/h3-14,22H,15H2,1-2H3. The molecule has 10 heteroatoms. The summed E-state index contributed by atoms with van der Waals surface area (Å²) in [6.45, 7) is 0.0513. The summed E-state index contributed by atoms with van der Waals surface area (Å²) in [5.74, 6) is 0.225. The highest BCUT2D eigenvalue weighted by Crippen LogP contribution is 2.33. The van der Waals surface area contributed by atoms with Crippen molar-refractivity contribution in [2.75, 3.05) is 18.5 Å². The van der Waals surface area contributed by atoms with Crippen LogP contribution in [0.4, 0.5) is 5.69 Å². The summed E-state index contributed by atoms with van der Waals surface area (Å²) in [7, 11) is -5.08. The van der Waals surface area contributed by atoms with Crippen LogP contribution >= 0.6 is 0 Å². The minimum Gasteiger partial charge on any atom is -0.495 e. The second-order valence-electron chi connectivity index (χ2n) is 6.31. The molecule has 158 valence electrons. The van der Waals surface area contributed by atoms with E-state index in [0.29, 0.717) is 5.56 Å². The Hall–Kier alpha value is -2.95. The molecule has 0 saturated carbocycles. The maximum atomic E-state index is 13.0.